The summed E-state index contributed by atoms with van der Waals surface area (Å²) >= 11 is 4.75. The van der Waals surface area contributed by atoms with E-state index < -0.39 is 10.7 Å². The van der Waals surface area contributed by atoms with E-state index in [0.717, 1.165) is 16.7 Å². The van der Waals surface area contributed by atoms with Crippen LogP contribution >= 0.6 is 12.6 Å². The van der Waals surface area contributed by atoms with Crippen molar-refractivity contribution in [3.63, 3.8) is 0 Å². The van der Waals surface area contributed by atoms with Crippen molar-refractivity contribution in [2.24, 2.45) is 0 Å². The van der Waals surface area contributed by atoms with Gasteiger partial charge in [-0.3, -0.25) is 4.79 Å². The van der Waals surface area contributed by atoms with Crippen molar-refractivity contribution in [2.75, 3.05) is 7.11 Å². The maximum absolute atomic E-state index is 12.6. The van der Waals surface area contributed by atoms with Crippen LogP contribution in [0.15, 0.2) is 91.0 Å². The van der Waals surface area contributed by atoms with Crippen LogP contribution in [-0.2, 0) is 14.9 Å². The van der Waals surface area contributed by atoms with E-state index in [1.54, 1.807) is 0 Å². The van der Waals surface area contributed by atoms with Crippen LogP contribution in [0.4, 0.5) is 0 Å². The molecule has 0 aliphatic carbocycles. The number of benzene rings is 3. The van der Waals surface area contributed by atoms with Crippen LogP contribution in [0.25, 0.3) is 0 Å². The van der Waals surface area contributed by atoms with Crippen LogP contribution in [0.1, 0.15) is 16.7 Å². The van der Waals surface area contributed by atoms with Gasteiger partial charge in [0.2, 0.25) is 0 Å². The Morgan fingerprint density at radius 1 is 0.760 bits per heavy atom. The van der Waals surface area contributed by atoms with Crippen LogP contribution in [0.5, 0.6) is 0 Å². The van der Waals surface area contributed by atoms with Gasteiger partial charge in [-0.2, -0.15) is 12.6 Å². The Bertz CT molecular complexity index is 720. The summed E-state index contributed by atoms with van der Waals surface area (Å²) in [5.74, 6) is -0.361. The first-order valence-corrected chi connectivity index (χ1v) is 8.65. The Balaban J connectivity index is 2.38. The van der Waals surface area contributed by atoms with Gasteiger partial charge in [-0.05, 0) is 16.7 Å². The molecule has 0 bridgehead atoms. The van der Waals surface area contributed by atoms with Crippen molar-refractivity contribution in [1.82, 2.24) is 0 Å². The summed E-state index contributed by atoms with van der Waals surface area (Å²) in [6, 6.07) is 30.0. The lowest BCUT2D eigenvalue weighted by molar-refractivity contribution is -0.140. The van der Waals surface area contributed by atoms with Gasteiger partial charge >= 0.3 is 5.97 Å². The molecule has 0 fully saturated rings. The van der Waals surface area contributed by atoms with E-state index in [1.165, 1.54) is 7.11 Å². The summed E-state index contributed by atoms with van der Waals surface area (Å²) in [7, 11) is 1.40. The maximum atomic E-state index is 12.6. The first-order valence-electron chi connectivity index (χ1n) is 8.13. The van der Waals surface area contributed by atoms with E-state index in [9.17, 15) is 4.79 Å². The Morgan fingerprint density at radius 3 is 1.36 bits per heavy atom. The predicted octanol–water partition coefficient (Wildman–Crippen LogP) is 4.49. The third-order valence-corrected chi connectivity index (χ3v) is 5.12. The van der Waals surface area contributed by atoms with E-state index in [0.29, 0.717) is 0 Å². The van der Waals surface area contributed by atoms with Crippen molar-refractivity contribution in [3.8, 4) is 0 Å². The van der Waals surface area contributed by atoms with Crippen LogP contribution in [0.3, 0.4) is 0 Å². The number of hydrogen-bond acceptors (Lipinski definition) is 3. The van der Waals surface area contributed by atoms with Crippen molar-refractivity contribution in [2.45, 2.75) is 10.7 Å². The number of carbonyl (C=O) groups is 1. The molecular weight excluding hydrogens is 328 g/mol. The number of ether oxygens (including phenoxy) is 1. The molecule has 3 aromatic rings. The Hall–Kier alpha value is -2.52. The lowest BCUT2D eigenvalue weighted by Gasteiger charge is -2.39. The summed E-state index contributed by atoms with van der Waals surface area (Å²) in [6.07, 6.45) is 0. The van der Waals surface area contributed by atoms with Gasteiger partial charge in [0.25, 0.3) is 0 Å². The fraction of sp³-hybridized carbons (Fsp3) is 0.136. The molecule has 0 amide bonds. The first kappa shape index (κ1) is 17.3. The highest BCUT2D eigenvalue weighted by Crippen LogP contribution is 2.44. The monoisotopic (exact) mass is 348 g/mol. The number of hydrogen-bond donors (Lipinski definition) is 1. The van der Waals surface area contributed by atoms with Gasteiger partial charge in [0, 0.05) is 0 Å². The van der Waals surface area contributed by atoms with Gasteiger partial charge in [-0.1, -0.05) is 91.0 Å². The number of esters is 1. The summed E-state index contributed by atoms with van der Waals surface area (Å²) < 4.78 is 5.07. The highest BCUT2D eigenvalue weighted by molar-refractivity contribution is 7.81. The van der Waals surface area contributed by atoms with Gasteiger partial charge < -0.3 is 4.74 Å². The first-order chi connectivity index (χ1) is 12.2. The summed E-state index contributed by atoms with van der Waals surface area (Å²) in [5, 5.41) is -0.690. The molecule has 0 saturated carbocycles. The molecule has 0 spiro atoms. The molecule has 3 aromatic carbocycles. The van der Waals surface area contributed by atoms with Gasteiger partial charge in [0.1, 0.15) is 5.25 Å². The van der Waals surface area contributed by atoms with E-state index in [2.05, 4.69) is 0 Å². The fourth-order valence-corrected chi connectivity index (χ4v) is 3.92. The molecule has 25 heavy (non-hydrogen) atoms. The standard InChI is InChI=1S/C22H20O2S/c1-24-21(23)20(25)22(17-11-5-2-6-12-17,18-13-7-3-8-14-18)19-15-9-4-10-16-19/h2-16,20,25H,1H3. The molecule has 2 nitrogen and oxygen atoms in total. The molecule has 1 unspecified atom stereocenters. The molecule has 1 atom stereocenters. The van der Waals surface area contributed by atoms with E-state index in [4.69, 9.17) is 17.4 Å². The minimum absolute atomic E-state index is 0.361. The Labute approximate surface area is 153 Å². The lowest BCUT2D eigenvalue weighted by atomic mass is 9.67. The summed E-state index contributed by atoms with van der Waals surface area (Å²) in [5.41, 5.74) is 2.24. The van der Waals surface area contributed by atoms with Gasteiger partial charge in [-0.15, -0.1) is 0 Å². The van der Waals surface area contributed by atoms with Crippen LogP contribution in [-0.4, -0.2) is 18.3 Å². The van der Waals surface area contributed by atoms with Crippen molar-refractivity contribution >= 4 is 18.6 Å². The molecular formula is C22H20O2S. The zero-order valence-electron chi connectivity index (χ0n) is 14.0. The Morgan fingerprint density at radius 2 is 1.08 bits per heavy atom. The molecule has 0 heterocycles. The molecule has 3 heteroatoms. The third kappa shape index (κ3) is 3.08. The topological polar surface area (TPSA) is 26.3 Å². The zero-order chi connectivity index (χ0) is 17.7. The third-order valence-electron chi connectivity index (χ3n) is 4.52. The highest BCUT2D eigenvalue weighted by atomic mass is 32.1. The van der Waals surface area contributed by atoms with E-state index in [1.807, 2.05) is 91.0 Å². The van der Waals surface area contributed by atoms with Crippen molar-refractivity contribution in [3.05, 3.63) is 108 Å². The molecule has 0 aliphatic heterocycles. The van der Waals surface area contributed by atoms with E-state index >= 15 is 0 Å². The fourth-order valence-electron chi connectivity index (χ4n) is 3.37. The number of methoxy groups -OCH3 is 1. The number of rotatable bonds is 5. The highest BCUT2D eigenvalue weighted by Gasteiger charge is 2.46. The zero-order valence-corrected chi connectivity index (χ0v) is 14.9. The molecule has 3 rings (SSSR count). The SMILES string of the molecule is COC(=O)C(S)C(c1ccccc1)(c1ccccc1)c1ccccc1. The van der Waals surface area contributed by atoms with Crippen molar-refractivity contribution < 1.29 is 9.53 Å². The molecule has 0 aromatic heterocycles. The predicted molar refractivity (Wildman–Crippen MR) is 104 cm³/mol. The average molecular weight is 348 g/mol. The van der Waals surface area contributed by atoms with Crippen LogP contribution < -0.4 is 0 Å². The largest absolute Gasteiger partial charge is 0.468 e. The normalized spacial score (nSPS) is 12.4. The van der Waals surface area contributed by atoms with Gasteiger partial charge in [-0.25, -0.2) is 0 Å². The second-order valence-electron chi connectivity index (χ2n) is 5.83. The molecule has 0 radical (unpaired) electrons. The summed E-state index contributed by atoms with van der Waals surface area (Å²) in [6.45, 7) is 0. The Kier molecular flexibility index (Phi) is 5.25. The maximum Gasteiger partial charge on any atom is 0.320 e. The smallest absolute Gasteiger partial charge is 0.320 e. The summed E-state index contributed by atoms with van der Waals surface area (Å²) in [4.78, 5) is 12.6. The number of carbonyl (C=O) groups excluding carboxylic acids is 1. The second kappa shape index (κ2) is 7.58. The molecule has 0 saturated heterocycles. The molecule has 0 aliphatic rings. The van der Waals surface area contributed by atoms with Gasteiger partial charge in [0.05, 0.1) is 12.5 Å². The number of thiol groups is 1. The van der Waals surface area contributed by atoms with Crippen molar-refractivity contribution in [1.29, 1.82) is 0 Å². The second-order valence-corrected chi connectivity index (χ2v) is 6.35. The van der Waals surface area contributed by atoms with Gasteiger partial charge in [0.15, 0.2) is 0 Å². The molecule has 0 N–H and O–H groups in total. The average Bonchev–Trinajstić information content (AvgIpc) is 2.70. The lowest BCUT2D eigenvalue weighted by Crippen LogP contribution is -2.44. The van der Waals surface area contributed by atoms with E-state index in [-0.39, 0.29) is 5.97 Å². The minimum atomic E-state index is -0.750. The minimum Gasteiger partial charge on any atom is -0.468 e. The van der Waals surface area contributed by atoms with Crippen LogP contribution in [0, 0.1) is 0 Å². The quantitative estimate of drug-likeness (QED) is 0.418. The molecule has 126 valence electrons. The van der Waals surface area contributed by atoms with Crippen LogP contribution in [0.2, 0.25) is 0 Å².